The molecule has 0 saturated heterocycles. The van der Waals surface area contributed by atoms with Crippen molar-refractivity contribution in [1.29, 1.82) is 0 Å². The molecule has 0 unspecified atom stereocenters. The van der Waals surface area contributed by atoms with Crippen LogP contribution in [-0.2, 0) is 6.54 Å². The molecule has 2 aliphatic rings. The lowest BCUT2D eigenvalue weighted by Gasteiger charge is -2.25. The van der Waals surface area contributed by atoms with E-state index in [1.54, 1.807) is 0 Å². The minimum absolute atomic E-state index is 0.315. The van der Waals surface area contributed by atoms with Crippen LogP contribution >= 0.6 is 0 Å². The van der Waals surface area contributed by atoms with Crippen molar-refractivity contribution in [3.05, 3.63) is 77.6 Å². The molecule has 0 N–H and O–H groups in total. The average molecular weight is 359 g/mol. The molecule has 0 aliphatic carbocycles. The summed E-state index contributed by atoms with van der Waals surface area (Å²) in [5.74, 6) is 1.65. The Morgan fingerprint density at radius 1 is 1.00 bits per heavy atom. The van der Waals surface area contributed by atoms with Gasteiger partial charge in [-0.1, -0.05) is 42.5 Å². The zero-order valence-electron chi connectivity index (χ0n) is 15.1. The smallest absolute Gasteiger partial charge is 0.231 e. The highest BCUT2D eigenvalue weighted by molar-refractivity contribution is 5.80. The number of ether oxygens (including phenoxy) is 2. The third-order valence-electron chi connectivity index (χ3n) is 5.17. The Morgan fingerprint density at radius 2 is 1.93 bits per heavy atom. The van der Waals surface area contributed by atoms with Crippen molar-refractivity contribution in [3.8, 4) is 11.5 Å². The lowest BCUT2D eigenvalue weighted by Crippen LogP contribution is -2.27. The van der Waals surface area contributed by atoms with Gasteiger partial charge in [0.05, 0.1) is 6.26 Å². The maximum Gasteiger partial charge on any atom is 0.231 e. The van der Waals surface area contributed by atoms with Gasteiger partial charge in [-0.15, -0.1) is 0 Å². The molecule has 1 aromatic heterocycles. The van der Waals surface area contributed by atoms with Crippen molar-refractivity contribution < 1.29 is 13.9 Å². The zero-order valence-corrected chi connectivity index (χ0v) is 15.1. The molecule has 0 saturated carbocycles. The van der Waals surface area contributed by atoms with Crippen LogP contribution in [0, 0.1) is 0 Å². The molecule has 4 heteroatoms. The normalized spacial score (nSPS) is 17.0. The summed E-state index contributed by atoms with van der Waals surface area (Å²) >= 11 is 0. The third kappa shape index (κ3) is 3.36. The number of hydrogen-bond acceptors (Lipinski definition) is 4. The van der Waals surface area contributed by atoms with Gasteiger partial charge in [0.2, 0.25) is 6.79 Å². The summed E-state index contributed by atoms with van der Waals surface area (Å²) in [5, 5.41) is 1.22. The topological polar surface area (TPSA) is 34.8 Å². The van der Waals surface area contributed by atoms with Crippen LogP contribution in [0.15, 0.2) is 70.9 Å². The molecule has 27 heavy (non-hydrogen) atoms. The van der Waals surface area contributed by atoms with Crippen molar-refractivity contribution >= 4 is 17.0 Å². The summed E-state index contributed by atoms with van der Waals surface area (Å²) in [6.45, 7) is 3.25. The largest absolute Gasteiger partial charge is 0.464 e. The number of hydrogen-bond donors (Lipinski definition) is 0. The summed E-state index contributed by atoms with van der Waals surface area (Å²) in [7, 11) is 0. The van der Waals surface area contributed by atoms with Crippen LogP contribution in [0.4, 0.5) is 0 Å². The Balaban J connectivity index is 1.23. The quantitative estimate of drug-likeness (QED) is 0.656. The van der Waals surface area contributed by atoms with E-state index in [9.17, 15) is 0 Å². The minimum Gasteiger partial charge on any atom is -0.464 e. The number of furan rings is 1. The number of nitrogens with zero attached hydrogens (tertiary/aromatic N) is 1. The van der Waals surface area contributed by atoms with Gasteiger partial charge in [0, 0.05) is 30.6 Å². The van der Waals surface area contributed by atoms with E-state index in [2.05, 4.69) is 41.3 Å². The van der Waals surface area contributed by atoms with Crippen LogP contribution in [0.5, 0.6) is 11.5 Å². The molecule has 2 aliphatic heterocycles. The molecule has 0 fully saturated rings. The fourth-order valence-corrected chi connectivity index (χ4v) is 3.64. The van der Waals surface area contributed by atoms with Gasteiger partial charge in [0.1, 0.15) is 5.58 Å². The summed E-state index contributed by atoms with van der Waals surface area (Å²) < 4.78 is 16.5. The highest BCUT2D eigenvalue weighted by Crippen LogP contribution is 2.33. The molecular weight excluding hydrogens is 338 g/mol. The molecule has 0 radical (unpaired) electrons. The van der Waals surface area contributed by atoms with Crippen LogP contribution < -0.4 is 9.47 Å². The third-order valence-corrected chi connectivity index (χ3v) is 5.17. The van der Waals surface area contributed by atoms with Crippen molar-refractivity contribution in [2.75, 3.05) is 19.9 Å². The van der Waals surface area contributed by atoms with Crippen LogP contribution in [-0.4, -0.2) is 24.8 Å². The summed E-state index contributed by atoms with van der Waals surface area (Å²) in [5.41, 5.74) is 4.74. The first-order valence-electron chi connectivity index (χ1n) is 9.29. The van der Waals surface area contributed by atoms with E-state index in [1.165, 1.54) is 16.5 Å². The highest BCUT2D eigenvalue weighted by Gasteiger charge is 2.14. The lowest BCUT2D eigenvalue weighted by molar-refractivity contribution is 0.174. The van der Waals surface area contributed by atoms with E-state index in [0.717, 1.165) is 48.7 Å². The van der Waals surface area contributed by atoms with Crippen molar-refractivity contribution in [3.63, 3.8) is 0 Å². The minimum atomic E-state index is 0.315. The molecule has 2 aromatic carbocycles. The van der Waals surface area contributed by atoms with Gasteiger partial charge in [0.15, 0.2) is 11.5 Å². The van der Waals surface area contributed by atoms with E-state index in [-0.39, 0.29) is 0 Å². The number of allylic oxidation sites excluding steroid dienone is 1. The summed E-state index contributed by atoms with van der Waals surface area (Å²) in [6, 6.07) is 14.3. The van der Waals surface area contributed by atoms with Crippen LogP contribution in [0.3, 0.4) is 0 Å². The molecule has 0 amide bonds. The highest BCUT2D eigenvalue weighted by atomic mass is 16.7. The predicted octanol–water partition coefficient (Wildman–Crippen LogP) is 5.01. The average Bonchev–Trinajstić information content (AvgIpc) is 3.34. The van der Waals surface area contributed by atoms with Crippen molar-refractivity contribution in [1.82, 2.24) is 4.90 Å². The lowest BCUT2D eigenvalue weighted by atomic mass is 10.0. The number of benzene rings is 2. The van der Waals surface area contributed by atoms with Gasteiger partial charge >= 0.3 is 0 Å². The van der Waals surface area contributed by atoms with E-state index in [1.807, 2.05) is 30.5 Å². The summed E-state index contributed by atoms with van der Waals surface area (Å²) in [6.07, 6.45) is 9.62. The SMILES string of the molecule is C1=C(/C=C/c2ccc3c(c2)OCO3)CCN(Cc2coc3ccccc23)C1. The summed E-state index contributed by atoms with van der Waals surface area (Å²) in [4.78, 5) is 2.45. The maximum absolute atomic E-state index is 5.66. The first-order valence-corrected chi connectivity index (χ1v) is 9.29. The first-order chi connectivity index (χ1) is 13.3. The molecule has 5 rings (SSSR count). The Bertz CT molecular complexity index is 1030. The Labute approximate surface area is 158 Å². The Hall–Kier alpha value is -2.98. The van der Waals surface area contributed by atoms with Gasteiger partial charge in [-0.25, -0.2) is 0 Å². The van der Waals surface area contributed by atoms with E-state index in [0.29, 0.717) is 6.79 Å². The molecular formula is C23H21NO3. The molecule has 0 bridgehead atoms. The van der Waals surface area contributed by atoms with Gasteiger partial charge < -0.3 is 13.9 Å². The molecule has 3 heterocycles. The first kappa shape index (κ1) is 16.2. The second kappa shape index (κ2) is 6.97. The van der Waals surface area contributed by atoms with E-state index in [4.69, 9.17) is 13.9 Å². The van der Waals surface area contributed by atoms with Crippen LogP contribution in [0.1, 0.15) is 17.5 Å². The second-order valence-electron chi connectivity index (χ2n) is 6.97. The zero-order chi connectivity index (χ0) is 18.1. The van der Waals surface area contributed by atoms with Crippen LogP contribution in [0.2, 0.25) is 0 Å². The fourth-order valence-electron chi connectivity index (χ4n) is 3.64. The Kier molecular flexibility index (Phi) is 4.18. The second-order valence-corrected chi connectivity index (χ2v) is 6.97. The monoisotopic (exact) mass is 359 g/mol. The van der Waals surface area contributed by atoms with Gasteiger partial charge in [-0.2, -0.15) is 0 Å². The molecule has 136 valence electrons. The molecule has 3 aromatic rings. The number of rotatable bonds is 4. The van der Waals surface area contributed by atoms with Gasteiger partial charge in [-0.3, -0.25) is 4.90 Å². The molecule has 4 nitrogen and oxygen atoms in total. The Morgan fingerprint density at radius 3 is 2.85 bits per heavy atom. The van der Waals surface area contributed by atoms with Gasteiger partial charge in [0.25, 0.3) is 0 Å². The van der Waals surface area contributed by atoms with Crippen LogP contribution in [0.25, 0.3) is 17.0 Å². The number of fused-ring (bicyclic) bond motifs is 2. The van der Waals surface area contributed by atoms with E-state index < -0.39 is 0 Å². The van der Waals surface area contributed by atoms with E-state index >= 15 is 0 Å². The predicted molar refractivity (Wildman–Crippen MR) is 106 cm³/mol. The molecule has 0 spiro atoms. The van der Waals surface area contributed by atoms with Crippen molar-refractivity contribution in [2.45, 2.75) is 13.0 Å². The van der Waals surface area contributed by atoms with Crippen molar-refractivity contribution in [2.24, 2.45) is 0 Å². The fraction of sp³-hybridized carbons (Fsp3) is 0.217. The standard InChI is InChI=1S/C23H21NO3/c1-2-4-21-20(3-1)19(15-25-21)14-24-11-9-17(10-12-24)5-6-18-7-8-22-23(13-18)27-16-26-22/h1-9,13,15H,10-12,14,16H2/b6-5+. The maximum atomic E-state index is 5.66. The van der Waals surface area contributed by atoms with Gasteiger partial charge in [-0.05, 0) is 35.8 Å². The number of para-hydroxylation sites is 1. The molecule has 0 atom stereocenters.